The number of ketones is 1. The summed E-state index contributed by atoms with van der Waals surface area (Å²) >= 11 is 0. The van der Waals surface area contributed by atoms with Gasteiger partial charge < -0.3 is 10.4 Å². The molecule has 2 aromatic carbocycles. The van der Waals surface area contributed by atoms with Crippen LogP contribution in [-0.4, -0.2) is 23.6 Å². The zero-order chi connectivity index (χ0) is 13.6. The maximum absolute atomic E-state index is 12.4. The first-order chi connectivity index (χ1) is 9.15. The summed E-state index contributed by atoms with van der Waals surface area (Å²) in [7, 11) is 1.68. The number of aromatic hydroxyl groups is 1. The van der Waals surface area contributed by atoms with E-state index in [2.05, 4.69) is 5.32 Å². The smallest absolute Gasteiger partial charge is 0.194 e. The average Bonchev–Trinajstić information content (AvgIpc) is 2.44. The van der Waals surface area contributed by atoms with Gasteiger partial charge in [-0.2, -0.15) is 0 Å². The first kappa shape index (κ1) is 11.5. The molecule has 4 nitrogen and oxygen atoms in total. The van der Waals surface area contributed by atoms with Crippen LogP contribution in [-0.2, 0) is 0 Å². The summed E-state index contributed by atoms with van der Waals surface area (Å²) in [5, 5.41) is 21.3. The van der Waals surface area contributed by atoms with Gasteiger partial charge in [-0.05, 0) is 12.1 Å². The van der Waals surface area contributed by atoms with Crippen molar-refractivity contribution < 1.29 is 9.90 Å². The molecule has 0 aliphatic heterocycles. The van der Waals surface area contributed by atoms with Crippen LogP contribution in [0.4, 0.5) is 5.69 Å². The van der Waals surface area contributed by atoms with Crippen molar-refractivity contribution in [2.24, 2.45) is 0 Å². The van der Waals surface area contributed by atoms with Gasteiger partial charge in [-0.1, -0.05) is 24.3 Å². The van der Waals surface area contributed by atoms with Gasteiger partial charge >= 0.3 is 0 Å². The molecule has 1 aliphatic carbocycles. The third-order valence-corrected chi connectivity index (χ3v) is 3.38. The van der Waals surface area contributed by atoms with Crippen molar-refractivity contribution in [1.29, 1.82) is 5.41 Å². The van der Waals surface area contributed by atoms with Gasteiger partial charge in [0.15, 0.2) is 5.78 Å². The maximum Gasteiger partial charge on any atom is 0.194 e. The highest BCUT2D eigenvalue weighted by Gasteiger charge is 2.30. The molecule has 2 aromatic rings. The molecular weight excluding hydrogens is 240 g/mol. The number of fused-ring (bicyclic) bond motifs is 2. The quantitative estimate of drug-likeness (QED) is 0.582. The molecule has 0 radical (unpaired) electrons. The lowest BCUT2D eigenvalue weighted by Crippen LogP contribution is -2.21. The first-order valence-electron chi connectivity index (χ1n) is 5.92. The topological polar surface area (TPSA) is 73.2 Å². The Bertz CT molecular complexity index is 720. The summed E-state index contributed by atoms with van der Waals surface area (Å²) < 4.78 is 0. The minimum absolute atomic E-state index is 0.0483. The second kappa shape index (κ2) is 3.95. The molecule has 0 fully saturated rings. The van der Waals surface area contributed by atoms with E-state index in [0.717, 1.165) is 0 Å². The highest BCUT2D eigenvalue weighted by Crippen LogP contribution is 2.36. The summed E-state index contributed by atoms with van der Waals surface area (Å²) in [6.45, 7) is 0. The van der Waals surface area contributed by atoms with E-state index < -0.39 is 0 Å². The lowest BCUT2D eigenvalue weighted by Gasteiger charge is -2.21. The molecule has 0 saturated heterocycles. The van der Waals surface area contributed by atoms with Crippen LogP contribution >= 0.6 is 0 Å². The van der Waals surface area contributed by atoms with E-state index >= 15 is 0 Å². The molecule has 0 saturated carbocycles. The van der Waals surface area contributed by atoms with Crippen molar-refractivity contribution in [3.05, 3.63) is 58.7 Å². The van der Waals surface area contributed by atoms with Gasteiger partial charge in [0.1, 0.15) is 5.75 Å². The summed E-state index contributed by atoms with van der Waals surface area (Å²) in [6.07, 6.45) is 0. The number of phenols is 1. The Labute approximate surface area is 110 Å². The molecule has 0 aromatic heterocycles. The zero-order valence-corrected chi connectivity index (χ0v) is 10.3. The number of carbonyl (C=O) groups excluding carboxylic acids is 1. The predicted molar refractivity (Wildman–Crippen MR) is 73.5 cm³/mol. The van der Waals surface area contributed by atoms with Gasteiger partial charge in [-0.3, -0.25) is 10.2 Å². The Hall–Kier alpha value is -2.62. The van der Waals surface area contributed by atoms with Crippen molar-refractivity contribution in [2.45, 2.75) is 0 Å². The molecule has 0 bridgehead atoms. The van der Waals surface area contributed by atoms with E-state index in [1.54, 1.807) is 43.4 Å². The molecule has 0 atom stereocenters. The van der Waals surface area contributed by atoms with E-state index in [9.17, 15) is 9.90 Å². The van der Waals surface area contributed by atoms with Crippen molar-refractivity contribution in [3.8, 4) is 5.75 Å². The molecule has 94 valence electrons. The predicted octanol–water partition coefficient (Wildman–Crippen LogP) is 2.39. The second-order valence-electron chi connectivity index (χ2n) is 4.38. The number of carbonyl (C=O) groups is 1. The van der Waals surface area contributed by atoms with Crippen molar-refractivity contribution in [2.75, 3.05) is 12.4 Å². The molecule has 0 unspecified atom stereocenters. The summed E-state index contributed by atoms with van der Waals surface area (Å²) in [4.78, 5) is 12.4. The summed E-state index contributed by atoms with van der Waals surface area (Å²) in [5.41, 5.74) is 2.44. The summed E-state index contributed by atoms with van der Waals surface area (Å²) in [6, 6.07) is 10.3. The van der Waals surface area contributed by atoms with Crippen LogP contribution in [0.15, 0.2) is 36.4 Å². The van der Waals surface area contributed by atoms with Crippen molar-refractivity contribution in [3.63, 3.8) is 0 Å². The van der Waals surface area contributed by atoms with E-state index in [-0.39, 0.29) is 17.2 Å². The van der Waals surface area contributed by atoms with E-state index in [0.29, 0.717) is 27.9 Å². The number of phenolic OH excluding ortho intramolecular Hbond substituents is 1. The zero-order valence-electron chi connectivity index (χ0n) is 10.3. The lowest BCUT2D eigenvalue weighted by molar-refractivity contribution is 0.103. The van der Waals surface area contributed by atoms with E-state index in [1.807, 2.05) is 0 Å². The molecule has 0 heterocycles. The second-order valence-corrected chi connectivity index (χ2v) is 4.38. The van der Waals surface area contributed by atoms with Crippen LogP contribution < -0.4 is 5.32 Å². The van der Waals surface area contributed by atoms with Crippen molar-refractivity contribution >= 4 is 17.2 Å². The molecule has 4 heteroatoms. The number of benzene rings is 2. The Kier molecular flexibility index (Phi) is 2.38. The number of hydrogen-bond acceptors (Lipinski definition) is 4. The third-order valence-electron chi connectivity index (χ3n) is 3.38. The number of rotatable bonds is 1. The van der Waals surface area contributed by atoms with Gasteiger partial charge in [0.05, 0.1) is 17.0 Å². The fourth-order valence-electron chi connectivity index (χ4n) is 2.41. The standard InChI is InChI=1S/C15H12N2O2/c1-17-11-7-6-10-12(15(11)19)13(16)8-4-2-3-5-9(8)14(10)18/h2-7,16-17,19H,1H3. The Morgan fingerprint density at radius 1 is 1.05 bits per heavy atom. The fourth-order valence-corrected chi connectivity index (χ4v) is 2.41. The highest BCUT2D eigenvalue weighted by molar-refractivity contribution is 6.30. The number of hydrogen-bond donors (Lipinski definition) is 3. The molecular formula is C15H12N2O2. The van der Waals surface area contributed by atoms with Gasteiger partial charge in [-0.25, -0.2) is 0 Å². The molecule has 0 amide bonds. The maximum atomic E-state index is 12.4. The van der Waals surface area contributed by atoms with Crippen LogP contribution in [0, 0.1) is 5.41 Å². The Morgan fingerprint density at radius 3 is 2.42 bits per heavy atom. The van der Waals surface area contributed by atoms with Gasteiger partial charge in [0, 0.05) is 23.7 Å². The van der Waals surface area contributed by atoms with Gasteiger partial charge in [0.2, 0.25) is 0 Å². The minimum atomic E-state index is -0.153. The fraction of sp³-hybridized carbons (Fsp3) is 0.0667. The average molecular weight is 252 g/mol. The summed E-state index contributed by atoms with van der Waals surface area (Å²) in [5.74, 6) is -0.201. The SMILES string of the molecule is CNc1ccc2c(c1O)C(=N)c1ccccc1C2=O. The van der Waals surface area contributed by atoms with Crippen LogP contribution in [0.1, 0.15) is 27.0 Å². The number of nitrogens with one attached hydrogen (secondary N) is 2. The minimum Gasteiger partial charge on any atom is -0.505 e. The highest BCUT2D eigenvalue weighted by atomic mass is 16.3. The first-order valence-corrected chi connectivity index (χ1v) is 5.92. The molecule has 3 rings (SSSR count). The van der Waals surface area contributed by atoms with Crippen LogP contribution in [0.2, 0.25) is 0 Å². The van der Waals surface area contributed by atoms with Crippen LogP contribution in [0.3, 0.4) is 0 Å². The van der Waals surface area contributed by atoms with E-state index in [4.69, 9.17) is 5.41 Å². The number of anilines is 1. The Morgan fingerprint density at radius 2 is 1.74 bits per heavy atom. The third kappa shape index (κ3) is 1.46. The van der Waals surface area contributed by atoms with Gasteiger partial charge in [0.25, 0.3) is 0 Å². The van der Waals surface area contributed by atoms with Crippen molar-refractivity contribution in [1.82, 2.24) is 0 Å². The van der Waals surface area contributed by atoms with Crippen LogP contribution in [0.5, 0.6) is 5.75 Å². The molecule has 19 heavy (non-hydrogen) atoms. The molecule has 1 aliphatic rings. The van der Waals surface area contributed by atoms with E-state index in [1.165, 1.54) is 0 Å². The lowest BCUT2D eigenvalue weighted by atomic mass is 9.83. The normalized spacial score (nSPS) is 12.9. The largest absolute Gasteiger partial charge is 0.505 e. The monoisotopic (exact) mass is 252 g/mol. The Balaban J connectivity index is 2.33. The molecule has 0 spiro atoms. The molecule has 3 N–H and O–H groups in total. The van der Waals surface area contributed by atoms with Gasteiger partial charge in [-0.15, -0.1) is 0 Å². The van der Waals surface area contributed by atoms with Crippen LogP contribution in [0.25, 0.3) is 0 Å².